The lowest BCUT2D eigenvalue weighted by atomic mass is 9.48. The van der Waals surface area contributed by atoms with E-state index in [0.717, 1.165) is 95.3 Å². The highest BCUT2D eigenvalue weighted by Crippen LogP contribution is 2.67. The molecule has 0 amide bonds. The van der Waals surface area contributed by atoms with Crippen molar-refractivity contribution >= 4 is 29.8 Å². The largest absolute Gasteiger partial charge is 0.481 e. The van der Waals surface area contributed by atoms with Crippen LogP contribution in [0, 0.1) is 57.2 Å². The highest BCUT2D eigenvalue weighted by atomic mass is 16.6. The molecule has 14 atom stereocenters. The van der Waals surface area contributed by atoms with Gasteiger partial charge >= 0.3 is 29.8 Å². The Kier molecular flexibility index (Phi) is 12.6. The van der Waals surface area contributed by atoms with Crippen LogP contribution in [0.4, 0.5) is 0 Å². The molecular formula is C48H70O11. The number of carboxylic acids is 2. The number of ether oxygens (including phenoxy) is 3. The first kappa shape index (κ1) is 43.9. The maximum absolute atomic E-state index is 12.3. The van der Waals surface area contributed by atoms with E-state index in [2.05, 4.69) is 39.8 Å². The van der Waals surface area contributed by atoms with Crippen LogP contribution in [0.2, 0.25) is 0 Å². The number of carbonyl (C=O) groups excluding carboxylic acids is 3. The first-order valence-electron chi connectivity index (χ1n) is 22.9. The lowest BCUT2D eigenvalue weighted by Crippen LogP contribution is -2.51. The Hall–Kier alpha value is -3.21. The topological polar surface area (TPSA) is 174 Å². The van der Waals surface area contributed by atoms with Gasteiger partial charge in [-0.2, -0.15) is 0 Å². The second kappa shape index (κ2) is 16.9. The van der Waals surface area contributed by atoms with Gasteiger partial charge in [-0.1, -0.05) is 51.0 Å². The van der Waals surface area contributed by atoms with Crippen LogP contribution in [0.3, 0.4) is 0 Å². The van der Waals surface area contributed by atoms with Gasteiger partial charge in [0.2, 0.25) is 0 Å². The summed E-state index contributed by atoms with van der Waals surface area (Å²) in [6.45, 7) is 10.9. The van der Waals surface area contributed by atoms with Gasteiger partial charge in [0, 0.05) is 25.2 Å². The third-order valence-corrected chi connectivity index (χ3v) is 18.0. The van der Waals surface area contributed by atoms with E-state index in [4.69, 9.17) is 24.4 Å². The first-order valence-corrected chi connectivity index (χ1v) is 22.9. The van der Waals surface area contributed by atoms with Crippen LogP contribution in [0.1, 0.15) is 163 Å². The summed E-state index contributed by atoms with van der Waals surface area (Å²) in [6, 6.07) is 0. The van der Waals surface area contributed by atoms with Gasteiger partial charge in [-0.15, -0.1) is 0 Å². The second-order valence-corrected chi connectivity index (χ2v) is 20.9. The zero-order chi connectivity index (χ0) is 42.5. The van der Waals surface area contributed by atoms with Crippen LogP contribution in [0.15, 0.2) is 23.3 Å². The fraction of sp³-hybridized carbons (Fsp3) is 0.812. The molecule has 8 aliphatic rings. The third-order valence-electron chi connectivity index (χ3n) is 18.0. The summed E-state index contributed by atoms with van der Waals surface area (Å²) in [6.07, 6.45) is 20.2. The monoisotopic (exact) mass is 822 g/mol. The van der Waals surface area contributed by atoms with E-state index < -0.39 is 23.9 Å². The number of aliphatic carboxylic acids is 2. The van der Waals surface area contributed by atoms with Crippen molar-refractivity contribution in [3.05, 3.63) is 23.3 Å². The zero-order valence-corrected chi connectivity index (χ0v) is 36.2. The van der Waals surface area contributed by atoms with Crippen molar-refractivity contribution < 1.29 is 53.5 Å². The van der Waals surface area contributed by atoms with Gasteiger partial charge in [0.15, 0.2) is 0 Å². The Labute approximate surface area is 350 Å². The van der Waals surface area contributed by atoms with Crippen molar-refractivity contribution in [2.75, 3.05) is 0 Å². The minimum atomic E-state index is -0.993. The van der Waals surface area contributed by atoms with E-state index in [-0.39, 0.29) is 77.7 Å². The smallest absolute Gasteiger partial charge is 0.306 e. The molecule has 11 heteroatoms. The van der Waals surface area contributed by atoms with Crippen molar-refractivity contribution in [3.8, 4) is 0 Å². The summed E-state index contributed by atoms with van der Waals surface area (Å²) in [5.74, 6) is 0.755. The van der Waals surface area contributed by atoms with Gasteiger partial charge in [-0.3, -0.25) is 24.0 Å². The minimum absolute atomic E-state index is 0.0708. The molecule has 11 nitrogen and oxygen atoms in total. The normalized spacial score (nSPS) is 42.9. The molecule has 0 saturated heterocycles. The molecule has 0 aromatic rings. The van der Waals surface area contributed by atoms with E-state index in [1.54, 1.807) is 5.57 Å². The number of aliphatic hydroxyl groups is 1. The lowest BCUT2D eigenvalue weighted by Gasteiger charge is -2.57. The van der Waals surface area contributed by atoms with Crippen LogP contribution in [0.5, 0.6) is 0 Å². The van der Waals surface area contributed by atoms with Gasteiger partial charge in [0.05, 0.1) is 31.8 Å². The van der Waals surface area contributed by atoms with Gasteiger partial charge in [-0.05, 0) is 142 Å². The standard InChI is InChI=1S/C27H38O8.C21H32O3/c1-26-13-11-17(34-24(32)9-7-22(28)29)15-16(26)3-4-18-19-5-6-21(27(19,2)14-12-20(18)26)35-25(33)10-8-23(30)31;1-13(22)24-15-8-10-20(2)14(12-15)4-5-16-17-6-7-19(23)21(17,3)11-9-18(16)20/h3,17-21H,4-15H2,1-2H3,(H,28,29)(H,30,31);4,15-19,23H,5-12H2,1-3H3/t17-,18?,19?,20?,21-,26-,27-;15?,16?,17?,18?,19-,20-,21-/m00/s1. The van der Waals surface area contributed by atoms with Gasteiger partial charge in [-0.25, -0.2) is 0 Å². The molecule has 59 heavy (non-hydrogen) atoms. The van der Waals surface area contributed by atoms with Gasteiger partial charge < -0.3 is 29.5 Å². The number of hydrogen-bond acceptors (Lipinski definition) is 9. The fourth-order valence-corrected chi connectivity index (χ4v) is 14.7. The van der Waals surface area contributed by atoms with Crippen LogP contribution >= 0.6 is 0 Å². The summed E-state index contributed by atoms with van der Waals surface area (Å²) in [5, 5.41) is 28.2. The Morgan fingerprint density at radius 3 is 1.58 bits per heavy atom. The number of allylic oxidation sites excluding steroid dienone is 2. The Balaban J connectivity index is 0.000000191. The van der Waals surface area contributed by atoms with E-state index >= 15 is 0 Å². The minimum Gasteiger partial charge on any atom is -0.481 e. The first-order chi connectivity index (χ1) is 27.9. The van der Waals surface area contributed by atoms with E-state index in [9.17, 15) is 29.1 Å². The predicted octanol–water partition coefficient (Wildman–Crippen LogP) is 8.74. The van der Waals surface area contributed by atoms with Gasteiger partial charge in [0.1, 0.15) is 18.3 Å². The number of esters is 3. The second-order valence-electron chi connectivity index (χ2n) is 20.9. The van der Waals surface area contributed by atoms with Crippen LogP contribution in [0.25, 0.3) is 0 Å². The molecule has 8 aliphatic carbocycles. The molecule has 7 unspecified atom stereocenters. The van der Waals surface area contributed by atoms with Crippen LogP contribution < -0.4 is 0 Å². The molecule has 6 saturated carbocycles. The highest BCUT2D eigenvalue weighted by molar-refractivity contribution is 5.77. The molecule has 0 heterocycles. The Bertz CT molecular complexity index is 1720. The average molecular weight is 823 g/mol. The summed E-state index contributed by atoms with van der Waals surface area (Å²) >= 11 is 0. The van der Waals surface area contributed by atoms with E-state index in [0.29, 0.717) is 23.7 Å². The summed E-state index contributed by atoms with van der Waals surface area (Å²) in [5.41, 5.74) is 3.36. The molecule has 0 spiro atoms. The molecule has 0 aliphatic heterocycles. The third kappa shape index (κ3) is 8.40. The van der Waals surface area contributed by atoms with Crippen molar-refractivity contribution in [3.63, 3.8) is 0 Å². The molecule has 0 aromatic carbocycles. The van der Waals surface area contributed by atoms with Crippen molar-refractivity contribution in [1.82, 2.24) is 0 Å². The molecule has 6 fully saturated rings. The number of rotatable bonds is 9. The number of carboxylic acid groups (broad SMARTS) is 2. The highest BCUT2D eigenvalue weighted by Gasteiger charge is 2.61. The fourth-order valence-electron chi connectivity index (χ4n) is 14.7. The average Bonchev–Trinajstić information content (AvgIpc) is 3.67. The van der Waals surface area contributed by atoms with E-state index in [1.165, 1.54) is 31.8 Å². The van der Waals surface area contributed by atoms with Crippen LogP contribution in [-0.4, -0.2) is 69.6 Å². The SMILES string of the molecule is CC(=O)OC1CC[C@@]2(C)C(=CCC3C2CC[C@@]2(C)C3CC[C@@H]2O)C1.C[C@]12CC[C@H](OC(=O)CCC(=O)O)CC1=CCC1C2CC[C@@]2(C)C1CC[C@@H]2OC(=O)CCC(=O)O. The van der Waals surface area contributed by atoms with E-state index in [1.807, 2.05) is 0 Å². The number of aliphatic hydroxyl groups excluding tert-OH is 1. The Morgan fingerprint density at radius 1 is 0.576 bits per heavy atom. The Morgan fingerprint density at radius 2 is 1.05 bits per heavy atom. The molecule has 3 N–H and O–H groups in total. The molecular weight excluding hydrogens is 753 g/mol. The predicted molar refractivity (Wildman–Crippen MR) is 218 cm³/mol. The quantitative estimate of drug-likeness (QED) is 0.115. The maximum atomic E-state index is 12.3. The molecule has 0 bridgehead atoms. The van der Waals surface area contributed by atoms with Crippen LogP contribution in [-0.2, 0) is 38.2 Å². The summed E-state index contributed by atoms with van der Waals surface area (Å²) in [4.78, 5) is 57.2. The number of carbonyl (C=O) groups is 5. The summed E-state index contributed by atoms with van der Waals surface area (Å²) < 4.78 is 17.0. The lowest BCUT2D eigenvalue weighted by molar-refractivity contribution is -0.161. The number of hydrogen-bond donors (Lipinski definition) is 3. The van der Waals surface area contributed by atoms with Crippen molar-refractivity contribution in [2.24, 2.45) is 57.2 Å². The van der Waals surface area contributed by atoms with Crippen molar-refractivity contribution in [1.29, 1.82) is 0 Å². The molecule has 328 valence electrons. The molecule has 8 rings (SSSR count). The maximum Gasteiger partial charge on any atom is 0.306 e. The zero-order valence-electron chi connectivity index (χ0n) is 36.2. The molecule has 0 radical (unpaired) electrons. The number of fused-ring (bicyclic) bond motifs is 10. The molecule has 0 aromatic heterocycles. The summed E-state index contributed by atoms with van der Waals surface area (Å²) in [7, 11) is 0. The van der Waals surface area contributed by atoms with Gasteiger partial charge in [0.25, 0.3) is 0 Å². The van der Waals surface area contributed by atoms with Crippen molar-refractivity contribution in [2.45, 2.75) is 187 Å².